The van der Waals surface area contributed by atoms with Gasteiger partial charge in [-0.1, -0.05) is 11.6 Å². The molecule has 0 aromatic heterocycles. The first-order valence-electron chi connectivity index (χ1n) is 8.69. The predicted octanol–water partition coefficient (Wildman–Crippen LogP) is 1.63. The summed E-state index contributed by atoms with van der Waals surface area (Å²) in [5, 5.41) is 11.4. The van der Waals surface area contributed by atoms with E-state index in [0.29, 0.717) is 32.7 Å². The summed E-state index contributed by atoms with van der Waals surface area (Å²) in [7, 11) is 0. The maximum absolute atomic E-state index is 12.7. The molecule has 1 aromatic carbocycles. The highest BCUT2D eigenvalue weighted by molar-refractivity contribution is 6.31. The van der Waals surface area contributed by atoms with Crippen molar-refractivity contribution in [1.29, 1.82) is 0 Å². The molecular weight excluding hydrogens is 360 g/mol. The van der Waals surface area contributed by atoms with Gasteiger partial charge in [-0.25, -0.2) is 0 Å². The quantitative estimate of drug-likeness (QED) is 0.585. The summed E-state index contributed by atoms with van der Waals surface area (Å²) in [4.78, 5) is 41.0. The van der Waals surface area contributed by atoms with E-state index in [2.05, 4.69) is 0 Å². The van der Waals surface area contributed by atoms with Gasteiger partial charge in [0.05, 0.1) is 11.5 Å². The van der Waals surface area contributed by atoms with Gasteiger partial charge in [-0.15, -0.1) is 0 Å². The van der Waals surface area contributed by atoms with Crippen LogP contribution in [0, 0.1) is 10.1 Å². The average Bonchev–Trinajstić information content (AvgIpc) is 3.16. The molecule has 0 bridgehead atoms. The molecule has 2 saturated heterocycles. The number of hydrogen-bond donors (Lipinski definition) is 0. The van der Waals surface area contributed by atoms with Gasteiger partial charge in [-0.2, -0.15) is 0 Å². The van der Waals surface area contributed by atoms with E-state index in [9.17, 15) is 19.7 Å². The minimum atomic E-state index is -0.575. The molecule has 1 aromatic rings. The molecule has 0 radical (unpaired) electrons. The van der Waals surface area contributed by atoms with Crippen LogP contribution in [0.4, 0.5) is 5.69 Å². The van der Waals surface area contributed by atoms with Crippen molar-refractivity contribution in [2.45, 2.75) is 12.8 Å². The van der Waals surface area contributed by atoms with Gasteiger partial charge in [0.2, 0.25) is 5.91 Å². The molecule has 0 atom stereocenters. The molecule has 2 heterocycles. The average molecular weight is 381 g/mol. The van der Waals surface area contributed by atoms with Crippen molar-refractivity contribution in [3.05, 3.63) is 38.9 Å². The molecule has 0 spiro atoms. The molecule has 0 saturated carbocycles. The maximum atomic E-state index is 12.7. The second-order valence-electron chi connectivity index (χ2n) is 6.57. The van der Waals surface area contributed by atoms with E-state index in [1.54, 1.807) is 4.90 Å². The molecule has 2 aliphatic rings. The van der Waals surface area contributed by atoms with Crippen LogP contribution in [0.3, 0.4) is 0 Å². The number of carbonyl (C=O) groups is 2. The van der Waals surface area contributed by atoms with Gasteiger partial charge in [0.1, 0.15) is 5.56 Å². The monoisotopic (exact) mass is 380 g/mol. The zero-order chi connectivity index (χ0) is 18.7. The zero-order valence-corrected chi connectivity index (χ0v) is 15.2. The summed E-state index contributed by atoms with van der Waals surface area (Å²) in [5.41, 5.74) is -0.241. The van der Waals surface area contributed by atoms with Crippen LogP contribution < -0.4 is 0 Å². The third-order valence-electron chi connectivity index (χ3n) is 4.86. The van der Waals surface area contributed by atoms with Crippen LogP contribution in [0.5, 0.6) is 0 Å². The fourth-order valence-corrected chi connectivity index (χ4v) is 3.55. The number of halogens is 1. The summed E-state index contributed by atoms with van der Waals surface area (Å²) in [5.74, 6) is -0.266. The summed E-state index contributed by atoms with van der Waals surface area (Å²) in [6.45, 7) is 4.01. The van der Waals surface area contributed by atoms with E-state index in [1.165, 1.54) is 18.2 Å². The van der Waals surface area contributed by atoms with Crippen molar-refractivity contribution < 1.29 is 14.5 Å². The minimum absolute atomic E-state index is 0.00379. The Morgan fingerprint density at radius 2 is 1.69 bits per heavy atom. The van der Waals surface area contributed by atoms with Crippen LogP contribution in [0.1, 0.15) is 23.2 Å². The fraction of sp³-hybridized carbons (Fsp3) is 0.529. The molecule has 26 heavy (non-hydrogen) atoms. The Bertz CT molecular complexity index is 713. The lowest BCUT2D eigenvalue weighted by atomic mass is 10.1. The number of likely N-dealkylation sites (tertiary alicyclic amines) is 1. The molecule has 3 rings (SSSR count). The molecule has 0 aliphatic carbocycles. The Hall–Kier alpha value is -2.19. The van der Waals surface area contributed by atoms with Gasteiger partial charge < -0.3 is 9.80 Å². The number of nitrogens with zero attached hydrogens (tertiary/aromatic N) is 4. The number of rotatable bonds is 4. The Balaban J connectivity index is 1.59. The Kier molecular flexibility index (Phi) is 5.73. The second-order valence-corrected chi connectivity index (χ2v) is 7.01. The smallest absolute Gasteiger partial charge is 0.282 e. The van der Waals surface area contributed by atoms with E-state index in [1.807, 2.05) is 9.80 Å². The fourth-order valence-electron chi connectivity index (χ4n) is 3.38. The van der Waals surface area contributed by atoms with E-state index in [-0.39, 0.29) is 22.2 Å². The molecule has 2 aliphatic heterocycles. The minimum Gasteiger partial charge on any atom is -0.342 e. The highest BCUT2D eigenvalue weighted by atomic mass is 35.5. The SMILES string of the molecule is O=C(CN1CCN(C(=O)c2cc(Cl)ccc2[N+](=O)[O-])CC1)N1CCCC1. The first-order chi connectivity index (χ1) is 12.5. The van der Waals surface area contributed by atoms with Crippen molar-refractivity contribution >= 4 is 29.1 Å². The lowest BCUT2D eigenvalue weighted by Crippen LogP contribution is -2.51. The van der Waals surface area contributed by atoms with Crippen molar-refractivity contribution in [3.63, 3.8) is 0 Å². The molecule has 9 heteroatoms. The summed E-state index contributed by atoms with van der Waals surface area (Å²) < 4.78 is 0. The van der Waals surface area contributed by atoms with Crippen LogP contribution in [0.25, 0.3) is 0 Å². The number of hydrogen-bond acceptors (Lipinski definition) is 5. The Morgan fingerprint density at radius 1 is 1.04 bits per heavy atom. The molecule has 2 fully saturated rings. The van der Waals surface area contributed by atoms with Crippen LogP contribution >= 0.6 is 11.6 Å². The number of piperazine rings is 1. The number of nitro benzene ring substituents is 1. The van der Waals surface area contributed by atoms with Crippen molar-refractivity contribution in [3.8, 4) is 0 Å². The van der Waals surface area contributed by atoms with Crippen molar-refractivity contribution in [2.75, 3.05) is 45.8 Å². The molecular formula is C17H21ClN4O4. The van der Waals surface area contributed by atoms with Crippen LogP contribution in [-0.2, 0) is 4.79 Å². The van der Waals surface area contributed by atoms with Gasteiger partial charge in [0, 0.05) is 50.4 Å². The van der Waals surface area contributed by atoms with E-state index < -0.39 is 10.8 Å². The van der Waals surface area contributed by atoms with Gasteiger partial charge in [-0.05, 0) is 25.0 Å². The molecule has 0 N–H and O–H groups in total. The Morgan fingerprint density at radius 3 is 2.31 bits per heavy atom. The maximum Gasteiger partial charge on any atom is 0.282 e. The summed E-state index contributed by atoms with van der Waals surface area (Å²) in [6, 6.07) is 3.99. The lowest BCUT2D eigenvalue weighted by molar-refractivity contribution is -0.385. The van der Waals surface area contributed by atoms with Crippen molar-refractivity contribution in [2.24, 2.45) is 0 Å². The number of carbonyl (C=O) groups excluding carboxylic acids is 2. The largest absolute Gasteiger partial charge is 0.342 e. The van der Waals surface area contributed by atoms with Gasteiger partial charge >= 0.3 is 0 Å². The first kappa shape index (κ1) is 18.6. The van der Waals surface area contributed by atoms with Crippen LogP contribution in [0.2, 0.25) is 5.02 Å². The Labute approximate surface area is 156 Å². The number of nitro groups is 1. The second kappa shape index (κ2) is 8.01. The number of benzene rings is 1. The topological polar surface area (TPSA) is 87.0 Å². The molecule has 140 valence electrons. The highest BCUT2D eigenvalue weighted by Crippen LogP contribution is 2.24. The molecule has 0 unspecified atom stereocenters. The van der Waals surface area contributed by atoms with Crippen LogP contribution in [0.15, 0.2) is 18.2 Å². The number of amides is 2. The normalized spacial score (nSPS) is 18.2. The third-order valence-corrected chi connectivity index (χ3v) is 5.10. The standard InChI is InChI=1S/C17H21ClN4O4/c18-13-3-4-15(22(25)26)14(11-13)17(24)21-9-7-19(8-10-21)12-16(23)20-5-1-2-6-20/h3-4,11H,1-2,5-10,12H2. The lowest BCUT2D eigenvalue weighted by Gasteiger charge is -2.35. The van der Waals surface area contributed by atoms with E-state index in [0.717, 1.165) is 25.9 Å². The van der Waals surface area contributed by atoms with E-state index in [4.69, 9.17) is 11.6 Å². The van der Waals surface area contributed by atoms with Crippen LogP contribution in [-0.4, -0.2) is 77.3 Å². The van der Waals surface area contributed by atoms with Gasteiger partial charge in [0.25, 0.3) is 11.6 Å². The summed E-state index contributed by atoms with van der Waals surface area (Å²) >= 11 is 5.90. The zero-order valence-electron chi connectivity index (χ0n) is 14.4. The molecule has 8 nitrogen and oxygen atoms in total. The first-order valence-corrected chi connectivity index (χ1v) is 9.07. The van der Waals surface area contributed by atoms with Gasteiger partial charge in [0.15, 0.2) is 0 Å². The van der Waals surface area contributed by atoms with Gasteiger partial charge in [-0.3, -0.25) is 24.6 Å². The third kappa shape index (κ3) is 4.13. The van der Waals surface area contributed by atoms with Crippen molar-refractivity contribution in [1.82, 2.24) is 14.7 Å². The summed E-state index contributed by atoms with van der Waals surface area (Å²) in [6.07, 6.45) is 2.12. The van der Waals surface area contributed by atoms with E-state index >= 15 is 0 Å². The molecule has 2 amide bonds. The highest BCUT2D eigenvalue weighted by Gasteiger charge is 2.29. The predicted molar refractivity (Wildman–Crippen MR) is 96.3 cm³/mol.